The first-order chi connectivity index (χ1) is 16.3. The lowest BCUT2D eigenvalue weighted by molar-refractivity contribution is 0.174. The zero-order valence-electron chi connectivity index (χ0n) is 18.1. The van der Waals surface area contributed by atoms with Crippen LogP contribution < -0.4 is 4.74 Å². The van der Waals surface area contributed by atoms with E-state index in [9.17, 15) is 0 Å². The lowest BCUT2D eigenvalue weighted by Crippen LogP contribution is -2.13. The topological polar surface area (TPSA) is 88.6 Å². The zero-order valence-corrected chi connectivity index (χ0v) is 18.1. The van der Waals surface area contributed by atoms with Gasteiger partial charge in [-0.15, -0.1) is 10.2 Å². The second-order valence-electron chi connectivity index (χ2n) is 7.78. The largest absolute Gasteiger partial charge is 0.497 e. The second-order valence-corrected chi connectivity index (χ2v) is 7.78. The van der Waals surface area contributed by atoms with Gasteiger partial charge in [0.15, 0.2) is 11.6 Å². The molecule has 9 nitrogen and oxygen atoms in total. The summed E-state index contributed by atoms with van der Waals surface area (Å²) in [5, 5.41) is 8.84. The van der Waals surface area contributed by atoms with Gasteiger partial charge in [-0.1, -0.05) is 12.1 Å². The van der Waals surface area contributed by atoms with Crippen LogP contribution in [0.2, 0.25) is 0 Å². The number of fused-ring (bicyclic) bond motifs is 5. The Morgan fingerprint density at radius 3 is 2.94 bits per heavy atom. The molecule has 2 aromatic heterocycles. The predicted molar refractivity (Wildman–Crippen MR) is 118 cm³/mol. The van der Waals surface area contributed by atoms with Gasteiger partial charge in [0.2, 0.25) is 5.90 Å². The van der Waals surface area contributed by atoms with Crippen LogP contribution in [-0.4, -0.2) is 51.0 Å². The minimum Gasteiger partial charge on any atom is -0.497 e. The molecule has 2 aromatic carbocycles. The third kappa shape index (κ3) is 3.15. The van der Waals surface area contributed by atoms with Crippen LogP contribution in [0.25, 0.3) is 17.1 Å². The first-order valence-electron chi connectivity index (χ1n) is 10.5. The molecule has 0 bridgehead atoms. The van der Waals surface area contributed by atoms with Crippen LogP contribution in [0.3, 0.4) is 0 Å². The Bertz CT molecular complexity index is 1360. The molecule has 0 saturated heterocycles. The van der Waals surface area contributed by atoms with Crippen LogP contribution in [0.5, 0.6) is 5.75 Å². The van der Waals surface area contributed by atoms with Crippen molar-refractivity contribution in [1.29, 1.82) is 0 Å². The minimum absolute atomic E-state index is 0.0972. The molecular formula is C24H20N6O3. The number of ether oxygens (including phenoxy) is 3. The Labute approximate surface area is 190 Å². The molecule has 0 radical (unpaired) electrons. The summed E-state index contributed by atoms with van der Waals surface area (Å²) in [6.45, 7) is 1.30. The molecule has 2 aliphatic heterocycles. The van der Waals surface area contributed by atoms with Gasteiger partial charge >= 0.3 is 0 Å². The molecule has 0 spiro atoms. The van der Waals surface area contributed by atoms with Gasteiger partial charge in [-0.25, -0.2) is 9.98 Å². The second kappa shape index (κ2) is 7.76. The van der Waals surface area contributed by atoms with Crippen molar-refractivity contribution in [1.82, 2.24) is 24.3 Å². The number of benzene rings is 1. The zero-order chi connectivity index (χ0) is 22.4. The fraction of sp³-hybridized carbons (Fsp3) is 0.250. The van der Waals surface area contributed by atoms with Gasteiger partial charge < -0.3 is 18.8 Å². The van der Waals surface area contributed by atoms with Crippen LogP contribution in [0.15, 0.2) is 47.7 Å². The Balaban J connectivity index is 1.49. The van der Waals surface area contributed by atoms with Crippen molar-refractivity contribution in [2.45, 2.75) is 19.2 Å². The first kappa shape index (κ1) is 19.5. The van der Waals surface area contributed by atoms with E-state index in [2.05, 4.69) is 26.9 Å². The Hall–Kier alpha value is -4.16. The summed E-state index contributed by atoms with van der Waals surface area (Å²) in [6, 6.07) is 17.4. The van der Waals surface area contributed by atoms with Crippen LogP contribution >= 0.6 is 0 Å². The lowest BCUT2D eigenvalue weighted by atomic mass is 10.1. The molecule has 4 aromatic rings. The third-order valence-electron chi connectivity index (χ3n) is 5.90. The number of nitrogens with zero attached hydrogens (tertiary/aromatic N) is 6. The average Bonchev–Trinajstić information content (AvgIpc) is 3.57. The van der Waals surface area contributed by atoms with E-state index in [4.69, 9.17) is 24.2 Å². The van der Waals surface area contributed by atoms with Gasteiger partial charge in [0.1, 0.15) is 37.0 Å². The normalized spacial score (nSPS) is 16.1. The number of hydrogen-bond donors (Lipinski definition) is 0. The maximum Gasteiger partial charge on any atom is 0.238 e. The maximum absolute atomic E-state index is 6.01. The fourth-order valence-corrected chi connectivity index (χ4v) is 4.27. The van der Waals surface area contributed by atoms with Crippen molar-refractivity contribution < 1.29 is 14.2 Å². The summed E-state index contributed by atoms with van der Waals surface area (Å²) in [5.41, 5.74) is 4.51. The molecule has 0 N–H and O–H groups in total. The molecule has 0 aliphatic carbocycles. The summed E-state index contributed by atoms with van der Waals surface area (Å²) < 4.78 is 20.9. The molecule has 164 valence electrons. The molecule has 0 fully saturated rings. The predicted octanol–water partition coefficient (Wildman–Crippen LogP) is 2.77. The van der Waals surface area contributed by atoms with Crippen molar-refractivity contribution in [3.8, 4) is 22.8 Å². The van der Waals surface area contributed by atoms with Gasteiger partial charge in [0.25, 0.3) is 0 Å². The van der Waals surface area contributed by atoms with Crippen LogP contribution in [0, 0.1) is 12.1 Å². The number of aliphatic imine (C=N–C) groups is 1. The van der Waals surface area contributed by atoms with Crippen molar-refractivity contribution in [2.75, 3.05) is 20.8 Å². The van der Waals surface area contributed by atoms with E-state index in [1.54, 1.807) is 20.5 Å². The fourth-order valence-electron chi connectivity index (χ4n) is 4.27. The van der Waals surface area contributed by atoms with Gasteiger partial charge in [0.05, 0.1) is 25.0 Å². The van der Waals surface area contributed by atoms with Gasteiger partial charge in [-0.2, -0.15) is 0 Å². The molecule has 2 aliphatic rings. The summed E-state index contributed by atoms with van der Waals surface area (Å²) in [4.78, 5) is 9.53. The first-order valence-corrected chi connectivity index (χ1v) is 10.5. The number of methoxy groups -OCH3 is 2. The van der Waals surface area contributed by atoms with E-state index < -0.39 is 0 Å². The monoisotopic (exact) mass is 440 g/mol. The van der Waals surface area contributed by atoms with E-state index in [1.807, 2.05) is 41.0 Å². The van der Waals surface area contributed by atoms with Crippen LogP contribution in [0.4, 0.5) is 0 Å². The van der Waals surface area contributed by atoms with Gasteiger partial charge in [0, 0.05) is 12.7 Å². The van der Waals surface area contributed by atoms with Crippen molar-refractivity contribution in [3.05, 3.63) is 77.6 Å². The smallest absolute Gasteiger partial charge is 0.238 e. The molecule has 33 heavy (non-hydrogen) atoms. The summed E-state index contributed by atoms with van der Waals surface area (Å²) in [5.74, 6) is 2.74. The quantitative estimate of drug-likeness (QED) is 0.418. The highest BCUT2D eigenvalue weighted by molar-refractivity contribution is 5.95. The van der Waals surface area contributed by atoms with Gasteiger partial charge in [-0.3, -0.25) is 4.57 Å². The van der Waals surface area contributed by atoms with E-state index in [0.29, 0.717) is 31.4 Å². The third-order valence-corrected chi connectivity index (χ3v) is 5.90. The molecule has 6 rings (SSSR count). The molecule has 9 heteroatoms. The molecule has 0 amide bonds. The Kier molecular flexibility index (Phi) is 4.59. The van der Waals surface area contributed by atoms with E-state index in [1.165, 1.54) is 0 Å². The van der Waals surface area contributed by atoms with Crippen molar-refractivity contribution >= 4 is 5.90 Å². The molecular weight excluding hydrogens is 420 g/mol. The average molecular weight is 440 g/mol. The Morgan fingerprint density at radius 2 is 2.12 bits per heavy atom. The molecule has 4 heterocycles. The molecule has 0 saturated carbocycles. The number of imidazole rings is 1. The highest BCUT2D eigenvalue weighted by Gasteiger charge is 2.31. The van der Waals surface area contributed by atoms with Crippen LogP contribution in [0.1, 0.15) is 28.8 Å². The van der Waals surface area contributed by atoms with E-state index >= 15 is 0 Å². The highest BCUT2D eigenvalue weighted by Crippen LogP contribution is 2.36. The molecule has 1 atom stereocenters. The summed E-state index contributed by atoms with van der Waals surface area (Å²) >= 11 is 0. The van der Waals surface area contributed by atoms with E-state index in [-0.39, 0.29) is 6.04 Å². The van der Waals surface area contributed by atoms with Crippen molar-refractivity contribution in [2.24, 2.45) is 4.99 Å². The minimum atomic E-state index is -0.0972. The van der Waals surface area contributed by atoms with Crippen molar-refractivity contribution in [3.63, 3.8) is 0 Å². The van der Waals surface area contributed by atoms with E-state index in [0.717, 1.165) is 39.9 Å². The molecule has 0 unspecified atom stereocenters. The lowest BCUT2D eigenvalue weighted by Gasteiger charge is -2.10. The van der Waals surface area contributed by atoms with Gasteiger partial charge in [-0.05, 0) is 42.0 Å². The maximum atomic E-state index is 6.01. The van der Waals surface area contributed by atoms with Crippen LogP contribution in [-0.2, 0) is 22.6 Å². The number of rotatable bonds is 5. The Morgan fingerprint density at radius 1 is 1.18 bits per heavy atom. The highest BCUT2D eigenvalue weighted by atomic mass is 16.5. The summed E-state index contributed by atoms with van der Waals surface area (Å²) in [7, 11) is 3.29. The summed E-state index contributed by atoms with van der Waals surface area (Å²) in [6.07, 6.45) is 1.80. The number of hydrogen-bond acceptors (Lipinski definition) is 7. The standard InChI is InChI=1S/C24H20N6O3/c1-31-13-21-27-28-23-17-10-16(32-2)8-9-19(17)30-14-25-22(20(30)11-29(21)23)24-26-18(12-33-24)15-6-4-3-5-7-15/h4,6-10,14,18H,11-13H2,1-2H3/t18-/m1/s1. The SMILES string of the molecule is COCc1nnc2n1Cc1c(C3=N[C@@H](c4cc#ccc4)CO3)ncn1-c1ccc(OC)cc1-2. The number of aromatic nitrogens is 5.